The van der Waals surface area contributed by atoms with Gasteiger partial charge in [-0.1, -0.05) is 13.0 Å². The predicted molar refractivity (Wildman–Crippen MR) is 52.7 cm³/mol. The Labute approximate surface area is 82.4 Å². The van der Waals surface area contributed by atoms with E-state index in [-0.39, 0.29) is 0 Å². The van der Waals surface area contributed by atoms with E-state index in [2.05, 4.69) is 33.4 Å². The zero-order chi connectivity index (χ0) is 9.80. The molecule has 0 saturated carbocycles. The van der Waals surface area contributed by atoms with Gasteiger partial charge in [-0.25, -0.2) is 0 Å². The summed E-state index contributed by atoms with van der Waals surface area (Å²) in [6.07, 6.45) is 6.33. The first-order valence-corrected chi connectivity index (χ1v) is 4.61. The van der Waals surface area contributed by atoms with Crippen LogP contribution in [0.25, 0.3) is 0 Å². The molecule has 1 unspecified atom stereocenters. The summed E-state index contributed by atoms with van der Waals surface area (Å²) in [6.45, 7) is 2.16. The Kier molecular flexibility index (Phi) is 2.53. The Morgan fingerprint density at radius 2 is 2.36 bits per heavy atom. The highest BCUT2D eigenvalue weighted by Gasteiger charge is 2.07. The maximum atomic E-state index is 4.09. The Hall–Kier alpha value is -1.71. The van der Waals surface area contributed by atoms with Crippen molar-refractivity contribution in [2.75, 3.05) is 0 Å². The molecule has 72 valence electrons. The fourth-order valence-corrected chi connectivity index (χ4v) is 1.42. The van der Waals surface area contributed by atoms with Crippen LogP contribution < -0.4 is 0 Å². The third-order valence-electron chi connectivity index (χ3n) is 2.23. The first kappa shape index (κ1) is 8.87. The molecule has 2 rings (SSSR count). The summed E-state index contributed by atoms with van der Waals surface area (Å²) in [5, 5.41) is 10.4. The third kappa shape index (κ3) is 1.96. The lowest BCUT2D eigenvalue weighted by Crippen LogP contribution is -1.99. The van der Waals surface area contributed by atoms with E-state index in [1.54, 1.807) is 12.4 Å². The lowest BCUT2D eigenvalue weighted by Gasteiger charge is -2.08. The van der Waals surface area contributed by atoms with Crippen LogP contribution >= 0.6 is 0 Å². The Bertz CT molecular complexity index is 368. The van der Waals surface area contributed by atoms with Crippen molar-refractivity contribution in [1.82, 2.24) is 20.4 Å². The van der Waals surface area contributed by atoms with E-state index < -0.39 is 0 Å². The Balaban J connectivity index is 2.07. The first-order valence-electron chi connectivity index (χ1n) is 4.61. The van der Waals surface area contributed by atoms with Crippen LogP contribution in [0.4, 0.5) is 0 Å². The summed E-state index contributed by atoms with van der Waals surface area (Å²) in [6, 6.07) is 4.03. The van der Waals surface area contributed by atoms with Gasteiger partial charge in [0, 0.05) is 12.4 Å². The van der Waals surface area contributed by atoms with E-state index in [1.807, 2.05) is 12.3 Å². The quantitative estimate of drug-likeness (QED) is 0.795. The molecule has 0 saturated heterocycles. The summed E-state index contributed by atoms with van der Waals surface area (Å²) in [5.74, 6) is 0.425. The van der Waals surface area contributed by atoms with Crippen molar-refractivity contribution in [2.24, 2.45) is 0 Å². The topological polar surface area (TPSA) is 54.5 Å². The SMILES string of the molecule is CC(Cc1cn[nH]n1)c1cccnc1. The van der Waals surface area contributed by atoms with Crippen LogP contribution in [0.2, 0.25) is 0 Å². The first-order chi connectivity index (χ1) is 6.86. The molecule has 1 N–H and O–H groups in total. The Morgan fingerprint density at radius 1 is 1.43 bits per heavy atom. The van der Waals surface area contributed by atoms with Crippen LogP contribution in [-0.2, 0) is 6.42 Å². The lowest BCUT2D eigenvalue weighted by atomic mass is 9.98. The minimum absolute atomic E-state index is 0.425. The van der Waals surface area contributed by atoms with Gasteiger partial charge in [-0.3, -0.25) is 4.98 Å². The highest BCUT2D eigenvalue weighted by Crippen LogP contribution is 2.17. The molecule has 0 aliphatic heterocycles. The zero-order valence-electron chi connectivity index (χ0n) is 8.01. The summed E-state index contributed by atoms with van der Waals surface area (Å²) >= 11 is 0. The number of aromatic amines is 1. The van der Waals surface area contributed by atoms with E-state index in [0.29, 0.717) is 5.92 Å². The number of nitrogens with zero attached hydrogens (tertiary/aromatic N) is 3. The fourth-order valence-electron chi connectivity index (χ4n) is 1.42. The molecular weight excluding hydrogens is 176 g/mol. The molecule has 0 aliphatic carbocycles. The maximum absolute atomic E-state index is 4.09. The van der Waals surface area contributed by atoms with E-state index in [1.165, 1.54) is 5.56 Å². The van der Waals surface area contributed by atoms with E-state index >= 15 is 0 Å². The van der Waals surface area contributed by atoms with Crippen LogP contribution in [-0.4, -0.2) is 20.4 Å². The van der Waals surface area contributed by atoms with Crippen molar-refractivity contribution >= 4 is 0 Å². The summed E-state index contributed by atoms with van der Waals surface area (Å²) in [7, 11) is 0. The molecule has 0 radical (unpaired) electrons. The molecule has 0 fully saturated rings. The molecular formula is C10H12N4. The summed E-state index contributed by atoms with van der Waals surface area (Å²) in [4.78, 5) is 4.09. The molecule has 0 amide bonds. The molecule has 2 heterocycles. The normalized spacial score (nSPS) is 12.6. The summed E-state index contributed by atoms with van der Waals surface area (Å²) in [5.41, 5.74) is 2.22. The molecule has 0 aliphatic rings. The minimum atomic E-state index is 0.425. The molecule has 0 bridgehead atoms. The second-order valence-electron chi connectivity index (χ2n) is 3.35. The van der Waals surface area contributed by atoms with E-state index in [0.717, 1.165) is 12.1 Å². The monoisotopic (exact) mass is 188 g/mol. The van der Waals surface area contributed by atoms with Crippen molar-refractivity contribution in [2.45, 2.75) is 19.3 Å². The number of pyridine rings is 1. The number of hydrogen-bond acceptors (Lipinski definition) is 3. The van der Waals surface area contributed by atoms with Gasteiger partial charge in [0.2, 0.25) is 0 Å². The van der Waals surface area contributed by atoms with E-state index in [9.17, 15) is 0 Å². The average molecular weight is 188 g/mol. The molecule has 2 aromatic rings. The lowest BCUT2D eigenvalue weighted by molar-refractivity contribution is 0.732. The van der Waals surface area contributed by atoms with Gasteiger partial charge in [-0.05, 0) is 24.0 Å². The third-order valence-corrected chi connectivity index (χ3v) is 2.23. The van der Waals surface area contributed by atoms with Crippen LogP contribution in [0.5, 0.6) is 0 Å². The maximum Gasteiger partial charge on any atom is 0.0830 e. The second kappa shape index (κ2) is 4.00. The highest BCUT2D eigenvalue weighted by molar-refractivity contribution is 5.15. The van der Waals surface area contributed by atoms with Crippen molar-refractivity contribution in [3.05, 3.63) is 42.0 Å². The van der Waals surface area contributed by atoms with Crippen molar-refractivity contribution in [3.8, 4) is 0 Å². The van der Waals surface area contributed by atoms with Gasteiger partial charge in [0.15, 0.2) is 0 Å². The van der Waals surface area contributed by atoms with Crippen LogP contribution in [0, 0.1) is 0 Å². The molecule has 4 nitrogen and oxygen atoms in total. The molecule has 1 atom stereocenters. The molecule has 0 spiro atoms. The number of H-pyrrole nitrogens is 1. The molecule has 0 aromatic carbocycles. The van der Waals surface area contributed by atoms with Crippen molar-refractivity contribution in [3.63, 3.8) is 0 Å². The van der Waals surface area contributed by atoms with Gasteiger partial charge >= 0.3 is 0 Å². The standard InChI is InChI=1S/C10H12N4/c1-8(5-10-7-12-14-13-10)9-3-2-4-11-6-9/h2-4,6-8H,5H2,1H3,(H,12,13,14). The largest absolute Gasteiger partial charge is 0.264 e. The number of nitrogens with one attached hydrogen (secondary N) is 1. The smallest absolute Gasteiger partial charge is 0.0830 e. The van der Waals surface area contributed by atoms with Crippen molar-refractivity contribution in [1.29, 1.82) is 0 Å². The number of hydrogen-bond donors (Lipinski definition) is 1. The zero-order valence-corrected chi connectivity index (χ0v) is 8.01. The number of aromatic nitrogens is 4. The molecule has 14 heavy (non-hydrogen) atoms. The second-order valence-corrected chi connectivity index (χ2v) is 3.35. The van der Waals surface area contributed by atoms with Gasteiger partial charge in [0.1, 0.15) is 0 Å². The minimum Gasteiger partial charge on any atom is -0.264 e. The predicted octanol–water partition coefficient (Wildman–Crippen LogP) is 1.55. The van der Waals surface area contributed by atoms with Crippen LogP contribution in [0.3, 0.4) is 0 Å². The van der Waals surface area contributed by atoms with Gasteiger partial charge in [0.05, 0.1) is 11.9 Å². The van der Waals surface area contributed by atoms with Crippen LogP contribution in [0.1, 0.15) is 24.1 Å². The molecule has 4 heteroatoms. The van der Waals surface area contributed by atoms with Gasteiger partial charge in [-0.2, -0.15) is 15.4 Å². The number of rotatable bonds is 3. The average Bonchev–Trinajstić information content (AvgIpc) is 2.72. The molecule has 2 aromatic heterocycles. The van der Waals surface area contributed by atoms with Gasteiger partial charge in [0.25, 0.3) is 0 Å². The summed E-state index contributed by atoms with van der Waals surface area (Å²) < 4.78 is 0. The fraction of sp³-hybridized carbons (Fsp3) is 0.300. The van der Waals surface area contributed by atoms with Gasteiger partial charge < -0.3 is 0 Å². The van der Waals surface area contributed by atoms with Gasteiger partial charge in [-0.15, -0.1) is 0 Å². The van der Waals surface area contributed by atoms with E-state index in [4.69, 9.17) is 0 Å². The van der Waals surface area contributed by atoms with Crippen LogP contribution in [0.15, 0.2) is 30.7 Å². The highest BCUT2D eigenvalue weighted by atomic mass is 15.3. The Morgan fingerprint density at radius 3 is 3.00 bits per heavy atom. The van der Waals surface area contributed by atoms with Crippen molar-refractivity contribution < 1.29 is 0 Å².